The Morgan fingerprint density at radius 3 is 2.40 bits per heavy atom. The number of fused-ring (bicyclic) bond motifs is 1. The lowest BCUT2D eigenvalue weighted by molar-refractivity contribution is -0.272. The number of benzene rings is 2. The van der Waals surface area contributed by atoms with E-state index in [9.17, 15) is 35.1 Å². The second-order valence-corrected chi connectivity index (χ2v) is 7.97. The summed E-state index contributed by atoms with van der Waals surface area (Å²) in [5.41, 5.74) is -0.194. The summed E-state index contributed by atoms with van der Waals surface area (Å²) in [5, 5.41) is 51.2. The monoisotopic (exact) mass is 488 g/mol. The maximum atomic E-state index is 12.6. The minimum atomic E-state index is -1.85. The molecule has 1 saturated heterocycles. The van der Waals surface area contributed by atoms with E-state index in [1.807, 2.05) is 0 Å². The largest absolute Gasteiger partial charge is 0.504 e. The maximum absolute atomic E-state index is 12.6. The summed E-state index contributed by atoms with van der Waals surface area (Å²) in [4.78, 5) is 24.9. The number of rotatable bonds is 6. The molecular weight excluding hydrogens is 464 g/mol. The van der Waals surface area contributed by atoms with E-state index in [2.05, 4.69) is 0 Å². The Labute approximate surface area is 198 Å². The van der Waals surface area contributed by atoms with Gasteiger partial charge in [-0.1, -0.05) is 37.3 Å². The zero-order valence-corrected chi connectivity index (χ0v) is 18.5. The first-order chi connectivity index (χ1) is 16.7. The van der Waals surface area contributed by atoms with Crippen molar-refractivity contribution < 1.29 is 49.0 Å². The van der Waals surface area contributed by atoms with Gasteiger partial charge in [-0.05, 0) is 6.42 Å². The minimum Gasteiger partial charge on any atom is -0.504 e. The van der Waals surface area contributed by atoms with Crippen LogP contribution in [0.4, 0.5) is 0 Å². The molecule has 1 aliphatic heterocycles. The fourth-order valence-electron chi connectivity index (χ4n) is 3.65. The SMILES string of the molecule is CCCOC(=O)C1OC(Oc2cc3oc(-c4ccccc4)cc(=O)c3c(O)c2O)C(O)C(O)C1O. The van der Waals surface area contributed by atoms with Crippen molar-refractivity contribution in [3.05, 3.63) is 52.7 Å². The van der Waals surface area contributed by atoms with Crippen LogP contribution in [0.3, 0.4) is 0 Å². The Morgan fingerprint density at radius 1 is 1.00 bits per heavy atom. The van der Waals surface area contributed by atoms with Gasteiger partial charge in [-0.15, -0.1) is 0 Å². The fourth-order valence-corrected chi connectivity index (χ4v) is 3.65. The van der Waals surface area contributed by atoms with Gasteiger partial charge in [0.15, 0.2) is 23.0 Å². The molecule has 5 atom stereocenters. The lowest BCUT2D eigenvalue weighted by Crippen LogP contribution is -2.61. The van der Waals surface area contributed by atoms with E-state index < -0.39 is 59.4 Å². The summed E-state index contributed by atoms with van der Waals surface area (Å²) in [5.74, 6) is -2.97. The Kier molecular flexibility index (Phi) is 6.94. The summed E-state index contributed by atoms with van der Waals surface area (Å²) in [6.07, 6.45) is -8.46. The van der Waals surface area contributed by atoms with Crippen molar-refractivity contribution in [1.29, 1.82) is 0 Å². The number of phenols is 2. The first-order valence-electron chi connectivity index (χ1n) is 10.8. The maximum Gasteiger partial charge on any atom is 0.338 e. The van der Waals surface area contributed by atoms with Crippen molar-refractivity contribution in [3.63, 3.8) is 0 Å². The third-order valence-electron chi connectivity index (χ3n) is 5.48. The molecule has 11 heteroatoms. The van der Waals surface area contributed by atoms with Crippen LogP contribution in [-0.4, -0.2) is 68.8 Å². The molecule has 1 aliphatic rings. The summed E-state index contributed by atoms with van der Waals surface area (Å²) in [6, 6.07) is 10.9. The molecule has 1 fully saturated rings. The number of hydrogen-bond acceptors (Lipinski definition) is 11. The van der Waals surface area contributed by atoms with E-state index in [1.54, 1.807) is 37.3 Å². The average molecular weight is 488 g/mol. The zero-order valence-electron chi connectivity index (χ0n) is 18.5. The quantitative estimate of drug-likeness (QED) is 0.247. The molecule has 5 unspecified atom stereocenters. The molecule has 0 spiro atoms. The standard InChI is InChI=1S/C24H24O11/c1-2-8-32-23(31)22-20(29)19(28)21(30)24(35-22)34-15-10-14-16(18(27)17(15)26)12(25)9-13(33-14)11-6-4-3-5-7-11/h3-7,9-10,19-22,24,26-30H,2,8H2,1H3. The highest BCUT2D eigenvalue weighted by Crippen LogP contribution is 2.42. The number of carbonyl (C=O) groups is 1. The van der Waals surface area contributed by atoms with Gasteiger partial charge in [-0.25, -0.2) is 4.79 Å². The molecule has 5 N–H and O–H groups in total. The molecule has 0 bridgehead atoms. The van der Waals surface area contributed by atoms with Crippen molar-refractivity contribution in [2.24, 2.45) is 0 Å². The highest BCUT2D eigenvalue weighted by atomic mass is 16.7. The second kappa shape index (κ2) is 9.92. The van der Waals surface area contributed by atoms with E-state index in [0.29, 0.717) is 12.0 Å². The van der Waals surface area contributed by atoms with Gasteiger partial charge in [0.1, 0.15) is 35.0 Å². The average Bonchev–Trinajstić information content (AvgIpc) is 2.85. The van der Waals surface area contributed by atoms with Gasteiger partial charge in [0, 0.05) is 17.7 Å². The van der Waals surface area contributed by atoms with Gasteiger partial charge >= 0.3 is 5.97 Å². The Bertz CT molecular complexity index is 1270. The fraction of sp³-hybridized carbons (Fsp3) is 0.333. The van der Waals surface area contributed by atoms with Crippen molar-refractivity contribution in [2.45, 2.75) is 44.1 Å². The number of esters is 1. The van der Waals surface area contributed by atoms with Crippen LogP contribution in [0.2, 0.25) is 0 Å². The van der Waals surface area contributed by atoms with Crippen molar-refractivity contribution >= 4 is 16.9 Å². The number of aromatic hydroxyl groups is 2. The van der Waals surface area contributed by atoms with Crippen LogP contribution < -0.4 is 10.2 Å². The van der Waals surface area contributed by atoms with Crippen LogP contribution in [0.1, 0.15) is 13.3 Å². The summed E-state index contributed by atoms with van der Waals surface area (Å²) in [6.45, 7) is 1.80. The predicted molar refractivity (Wildman–Crippen MR) is 120 cm³/mol. The van der Waals surface area contributed by atoms with Crippen molar-refractivity contribution in [2.75, 3.05) is 6.61 Å². The number of aliphatic hydroxyl groups is 3. The molecule has 0 aliphatic carbocycles. The smallest absolute Gasteiger partial charge is 0.338 e. The number of phenolic OH excluding ortho intramolecular Hbond substituents is 2. The summed E-state index contributed by atoms with van der Waals surface area (Å²) >= 11 is 0. The third kappa shape index (κ3) is 4.66. The van der Waals surface area contributed by atoms with E-state index >= 15 is 0 Å². The number of aliphatic hydroxyl groups excluding tert-OH is 3. The van der Waals surface area contributed by atoms with Crippen LogP contribution in [-0.2, 0) is 14.3 Å². The normalized spacial score (nSPS) is 24.3. The first-order valence-corrected chi connectivity index (χ1v) is 10.8. The molecule has 35 heavy (non-hydrogen) atoms. The lowest BCUT2D eigenvalue weighted by Gasteiger charge is -2.39. The molecule has 1 aromatic heterocycles. The minimum absolute atomic E-state index is 0.0394. The molecule has 0 saturated carbocycles. The third-order valence-corrected chi connectivity index (χ3v) is 5.48. The zero-order chi connectivity index (χ0) is 25.3. The molecular formula is C24H24O11. The first kappa shape index (κ1) is 24.5. The topological polar surface area (TPSA) is 176 Å². The summed E-state index contributed by atoms with van der Waals surface area (Å²) in [7, 11) is 0. The Morgan fingerprint density at radius 2 is 1.71 bits per heavy atom. The van der Waals surface area contributed by atoms with Crippen molar-refractivity contribution in [1.82, 2.24) is 0 Å². The van der Waals surface area contributed by atoms with Gasteiger partial charge in [0.25, 0.3) is 0 Å². The van der Waals surface area contributed by atoms with Gasteiger partial charge in [0.05, 0.1) is 6.61 Å². The highest BCUT2D eigenvalue weighted by molar-refractivity contribution is 5.89. The number of hydrogen-bond donors (Lipinski definition) is 5. The van der Waals surface area contributed by atoms with Crippen molar-refractivity contribution in [3.8, 4) is 28.6 Å². The Hall–Kier alpha value is -3.64. The van der Waals surface area contributed by atoms with Gasteiger partial charge < -0.3 is 44.2 Å². The molecule has 0 amide bonds. The van der Waals surface area contributed by atoms with Crippen LogP contribution in [0.25, 0.3) is 22.3 Å². The van der Waals surface area contributed by atoms with Crippen LogP contribution in [0.15, 0.2) is 51.7 Å². The van der Waals surface area contributed by atoms with E-state index in [1.165, 1.54) is 0 Å². The molecule has 4 rings (SSSR count). The van der Waals surface area contributed by atoms with Gasteiger partial charge in [-0.2, -0.15) is 0 Å². The predicted octanol–water partition coefficient (Wildman–Crippen LogP) is 1.01. The van der Waals surface area contributed by atoms with E-state index in [-0.39, 0.29) is 23.3 Å². The Balaban J connectivity index is 1.70. The molecule has 0 radical (unpaired) electrons. The van der Waals surface area contributed by atoms with E-state index in [4.69, 9.17) is 18.6 Å². The van der Waals surface area contributed by atoms with E-state index in [0.717, 1.165) is 12.1 Å². The van der Waals surface area contributed by atoms with Gasteiger partial charge in [0.2, 0.25) is 12.0 Å². The lowest BCUT2D eigenvalue weighted by atomic mass is 9.99. The molecule has 2 heterocycles. The highest BCUT2D eigenvalue weighted by Gasteiger charge is 2.49. The molecule has 186 valence electrons. The van der Waals surface area contributed by atoms with Crippen LogP contribution >= 0.6 is 0 Å². The number of carbonyl (C=O) groups excluding carboxylic acids is 1. The molecule has 11 nitrogen and oxygen atoms in total. The second-order valence-electron chi connectivity index (χ2n) is 7.97. The molecule has 2 aromatic carbocycles. The van der Waals surface area contributed by atoms with Gasteiger partial charge in [-0.3, -0.25) is 4.79 Å². The van der Waals surface area contributed by atoms with Crippen LogP contribution in [0.5, 0.6) is 17.2 Å². The van der Waals surface area contributed by atoms with Crippen LogP contribution in [0, 0.1) is 0 Å². The number of ether oxygens (including phenoxy) is 3. The summed E-state index contributed by atoms with van der Waals surface area (Å²) < 4.78 is 21.5. The molecule has 3 aromatic rings.